The average Bonchev–Trinajstić information content (AvgIpc) is 3.54. The van der Waals surface area contributed by atoms with E-state index in [1.54, 1.807) is 0 Å². The van der Waals surface area contributed by atoms with E-state index in [9.17, 15) is 14.7 Å². The van der Waals surface area contributed by atoms with Crippen LogP contribution >= 0.6 is 11.6 Å². The van der Waals surface area contributed by atoms with Gasteiger partial charge in [-0.2, -0.15) is 4.63 Å². The van der Waals surface area contributed by atoms with Crippen LogP contribution in [0.3, 0.4) is 0 Å². The maximum atomic E-state index is 12.8. The third kappa shape index (κ3) is 9.27. The number of phenols is 1. The van der Waals surface area contributed by atoms with Crippen molar-refractivity contribution in [2.75, 3.05) is 23.8 Å². The summed E-state index contributed by atoms with van der Waals surface area (Å²) in [7, 11) is 0. The van der Waals surface area contributed by atoms with Crippen molar-refractivity contribution in [2.45, 2.75) is 105 Å². The highest BCUT2D eigenvalue weighted by Gasteiger charge is 2.25. The fourth-order valence-electron chi connectivity index (χ4n) is 4.85. The zero-order valence-corrected chi connectivity index (χ0v) is 27.9. The van der Waals surface area contributed by atoms with Gasteiger partial charge in [-0.25, -0.2) is 14.6 Å². The van der Waals surface area contributed by atoms with E-state index in [-0.39, 0.29) is 53.4 Å². The Morgan fingerprint density at radius 3 is 1.86 bits per heavy atom. The van der Waals surface area contributed by atoms with Crippen molar-refractivity contribution in [1.82, 2.24) is 19.8 Å². The third-order valence-electron chi connectivity index (χ3n) is 7.82. The molecule has 0 aliphatic heterocycles. The number of hydrogen-bond donors (Lipinski definition) is 4. The minimum Gasteiger partial charge on any atom is -0.504 e. The molecule has 0 fully saturated rings. The van der Waals surface area contributed by atoms with Crippen molar-refractivity contribution in [2.24, 2.45) is 11.8 Å². The summed E-state index contributed by atoms with van der Waals surface area (Å²) in [6, 6.07) is 3.04. The molecule has 2 heterocycles. The fraction of sp³-hybridized carbons (Fsp3) is 0.625. The Morgan fingerprint density at radius 2 is 1.45 bits per heavy atom. The molecule has 12 heteroatoms. The minimum atomic E-state index is -0.717. The Morgan fingerprint density at radius 1 is 0.955 bits per heavy atom. The Bertz CT molecular complexity index is 1340. The minimum absolute atomic E-state index is 0.0266. The maximum absolute atomic E-state index is 12.8. The van der Waals surface area contributed by atoms with E-state index in [1.807, 2.05) is 20.8 Å². The van der Waals surface area contributed by atoms with Gasteiger partial charge in [0.15, 0.2) is 17.2 Å². The van der Waals surface area contributed by atoms with E-state index in [0.29, 0.717) is 16.2 Å². The molecule has 44 heavy (non-hydrogen) atoms. The Balaban J connectivity index is 1.89. The number of carbonyl (C=O) groups excluding carboxylic acids is 2. The number of aromatic amines is 1. The summed E-state index contributed by atoms with van der Waals surface area (Å²) < 4.78 is 12.5. The van der Waals surface area contributed by atoms with Gasteiger partial charge in [0.2, 0.25) is 0 Å². The highest BCUT2D eigenvalue weighted by Crippen LogP contribution is 2.38. The number of anilines is 2. The van der Waals surface area contributed by atoms with Gasteiger partial charge in [0.1, 0.15) is 5.02 Å². The Kier molecular flexibility index (Phi) is 12.7. The number of ether oxygens (including phenoxy) is 2. The van der Waals surface area contributed by atoms with Crippen LogP contribution in [0.1, 0.15) is 106 Å². The van der Waals surface area contributed by atoms with Gasteiger partial charge in [-0.05, 0) is 36.8 Å². The summed E-state index contributed by atoms with van der Waals surface area (Å²) in [4.78, 5) is 30.2. The molecule has 0 saturated heterocycles. The topological polar surface area (TPSA) is 143 Å². The van der Waals surface area contributed by atoms with Crippen molar-refractivity contribution in [1.29, 1.82) is 0 Å². The molecule has 2 unspecified atom stereocenters. The van der Waals surface area contributed by atoms with Gasteiger partial charge < -0.3 is 14.6 Å². The number of H-pyrrole nitrogens is 1. The monoisotopic (exact) mass is 632 g/mol. The van der Waals surface area contributed by atoms with Crippen molar-refractivity contribution in [3.8, 4) is 17.1 Å². The standard InChI is InChI=1S/C32H49ClN6O5/c1-8-12-14-20(10-3)18-43-30(41)34-23-16-22(28-36-29-25(33)27(32(5,6)7)37-39(29)38-28)17-24(26(23)40)35-31(42)44-19-21(11-4)15-13-9-2/h16-17,20-21,37,40H,8-15,18-19H2,1-7H3,(H,34,41)(H,35,42). The van der Waals surface area contributed by atoms with Crippen LogP contribution in [0.5, 0.6) is 5.75 Å². The zero-order chi connectivity index (χ0) is 32.4. The van der Waals surface area contributed by atoms with Crippen LogP contribution in [0.25, 0.3) is 17.0 Å². The predicted molar refractivity (Wildman–Crippen MR) is 175 cm³/mol. The number of benzene rings is 1. The lowest BCUT2D eigenvalue weighted by Gasteiger charge is -2.17. The SMILES string of the molecule is CCCCC(CC)COC(=O)Nc1cc(-c2nc3c(Cl)c(C(C)(C)C)[nH]n3n2)cc(NC(=O)OCC(CC)CCCC)c1O. The number of amides is 2. The summed E-state index contributed by atoms with van der Waals surface area (Å²) in [5.74, 6) is 0.411. The van der Waals surface area contributed by atoms with Crippen LogP contribution in [0.2, 0.25) is 5.02 Å². The van der Waals surface area contributed by atoms with Crippen LogP contribution in [0.4, 0.5) is 21.0 Å². The molecule has 2 atom stereocenters. The van der Waals surface area contributed by atoms with Gasteiger partial charge in [0.05, 0.1) is 30.3 Å². The number of unbranched alkanes of at least 4 members (excludes halogenated alkanes) is 2. The van der Waals surface area contributed by atoms with E-state index in [1.165, 1.54) is 16.8 Å². The predicted octanol–water partition coefficient (Wildman–Crippen LogP) is 8.91. The first-order chi connectivity index (χ1) is 20.9. The summed E-state index contributed by atoms with van der Waals surface area (Å²) in [5, 5.41) is 24.5. The van der Waals surface area contributed by atoms with Crippen molar-refractivity contribution in [3.63, 3.8) is 0 Å². The first-order valence-electron chi connectivity index (χ1n) is 15.8. The Hall–Kier alpha value is -3.47. The van der Waals surface area contributed by atoms with Gasteiger partial charge in [0.25, 0.3) is 0 Å². The molecule has 4 N–H and O–H groups in total. The second kappa shape index (κ2) is 16.0. The molecular formula is C32H49ClN6O5. The number of hydrogen-bond acceptors (Lipinski definition) is 7. The number of nitrogens with zero attached hydrogens (tertiary/aromatic N) is 3. The lowest BCUT2D eigenvalue weighted by molar-refractivity contribution is 0.135. The lowest BCUT2D eigenvalue weighted by atomic mass is 9.92. The largest absolute Gasteiger partial charge is 0.504 e. The molecule has 3 aromatic rings. The second-order valence-electron chi connectivity index (χ2n) is 12.4. The van der Waals surface area contributed by atoms with Crippen LogP contribution in [-0.4, -0.2) is 50.3 Å². The molecule has 0 spiro atoms. The molecule has 2 amide bonds. The molecule has 0 aliphatic carbocycles. The molecule has 1 aromatic carbocycles. The van der Waals surface area contributed by atoms with E-state index in [2.05, 4.69) is 53.5 Å². The number of aromatic hydroxyl groups is 1. The molecule has 0 radical (unpaired) electrons. The molecule has 244 valence electrons. The Labute approximate surface area is 265 Å². The van der Waals surface area contributed by atoms with Crippen molar-refractivity contribution >= 4 is 40.8 Å². The van der Waals surface area contributed by atoms with E-state index >= 15 is 0 Å². The molecule has 0 bridgehead atoms. The quantitative estimate of drug-likeness (QED) is 0.122. The van der Waals surface area contributed by atoms with E-state index in [4.69, 9.17) is 21.1 Å². The molecule has 0 saturated carbocycles. The van der Waals surface area contributed by atoms with Crippen molar-refractivity contribution in [3.05, 3.63) is 22.8 Å². The number of rotatable bonds is 15. The number of halogens is 1. The average molecular weight is 633 g/mol. The normalized spacial score (nSPS) is 13.1. The number of aromatic nitrogens is 4. The third-order valence-corrected chi connectivity index (χ3v) is 8.18. The van der Waals surface area contributed by atoms with Crippen molar-refractivity contribution < 1.29 is 24.2 Å². The first-order valence-corrected chi connectivity index (χ1v) is 16.2. The molecule has 0 aliphatic rings. The number of carbonyl (C=O) groups is 2. The van der Waals surface area contributed by atoms with E-state index < -0.39 is 12.2 Å². The van der Waals surface area contributed by atoms with Crippen LogP contribution in [-0.2, 0) is 14.9 Å². The zero-order valence-electron chi connectivity index (χ0n) is 27.2. The van der Waals surface area contributed by atoms with Crippen LogP contribution in [0.15, 0.2) is 12.1 Å². The first kappa shape index (κ1) is 35.0. The molecule has 3 rings (SSSR count). The van der Waals surface area contributed by atoms with Gasteiger partial charge in [-0.3, -0.25) is 15.7 Å². The van der Waals surface area contributed by atoms with Gasteiger partial charge in [0, 0.05) is 11.0 Å². The van der Waals surface area contributed by atoms with Gasteiger partial charge in [-0.15, -0.1) is 5.10 Å². The van der Waals surface area contributed by atoms with E-state index in [0.717, 1.165) is 57.1 Å². The molecule has 2 aromatic heterocycles. The smallest absolute Gasteiger partial charge is 0.411 e. The summed E-state index contributed by atoms with van der Waals surface area (Å²) >= 11 is 6.63. The second-order valence-corrected chi connectivity index (χ2v) is 12.8. The number of fused-ring (bicyclic) bond motifs is 1. The highest BCUT2D eigenvalue weighted by atomic mass is 35.5. The van der Waals surface area contributed by atoms with Gasteiger partial charge >= 0.3 is 12.2 Å². The van der Waals surface area contributed by atoms with Gasteiger partial charge in [-0.1, -0.05) is 98.6 Å². The summed E-state index contributed by atoms with van der Waals surface area (Å²) in [5.41, 5.74) is 1.43. The number of nitrogens with one attached hydrogen (secondary N) is 3. The highest BCUT2D eigenvalue weighted by molar-refractivity contribution is 6.34. The lowest BCUT2D eigenvalue weighted by Crippen LogP contribution is -2.20. The van der Waals surface area contributed by atoms with Crippen LogP contribution in [0, 0.1) is 11.8 Å². The fourth-order valence-corrected chi connectivity index (χ4v) is 5.30. The molecule has 11 nitrogen and oxygen atoms in total. The molecular weight excluding hydrogens is 584 g/mol. The summed E-state index contributed by atoms with van der Waals surface area (Å²) in [6.45, 7) is 15.0. The maximum Gasteiger partial charge on any atom is 0.411 e. The summed E-state index contributed by atoms with van der Waals surface area (Å²) in [6.07, 6.45) is 6.53. The van der Waals surface area contributed by atoms with Crippen LogP contribution < -0.4 is 10.6 Å². The number of phenolic OH excluding ortho intramolecular Hbond substituents is 1.